The van der Waals surface area contributed by atoms with Gasteiger partial charge in [0.25, 0.3) is 0 Å². The fourth-order valence-electron chi connectivity index (χ4n) is 8.42. The number of hydrogen-bond donors (Lipinski definition) is 2. The molecule has 0 spiro atoms. The third-order valence-electron chi connectivity index (χ3n) is 11.4. The maximum atomic E-state index is 6.44. The zero-order valence-electron chi connectivity index (χ0n) is 35.7. The van der Waals surface area contributed by atoms with Crippen LogP contribution in [0.2, 0.25) is 0 Å². The molecule has 6 heteroatoms. The van der Waals surface area contributed by atoms with E-state index in [0.717, 1.165) is 56.8 Å². The van der Waals surface area contributed by atoms with Gasteiger partial charge in [0, 0.05) is 35.3 Å². The molecule has 0 fully saturated rings. The number of rotatable bonds is 9. The number of aryl methyl sites for hydroxylation is 2. The number of hydrogen-bond acceptors (Lipinski definition) is 6. The van der Waals surface area contributed by atoms with E-state index in [1.807, 2.05) is 72.8 Å². The molecule has 2 heterocycles. The molecule has 310 valence electrons. The average Bonchev–Trinajstić information content (AvgIpc) is 3.33. The van der Waals surface area contributed by atoms with Crippen LogP contribution in [0.15, 0.2) is 206 Å². The summed E-state index contributed by atoms with van der Waals surface area (Å²) >= 11 is 0. The van der Waals surface area contributed by atoms with Crippen LogP contribution in [0.5, 0.6) is 34.5 Å². The number of benzene rings is 8. The second kappa shape index (κ2) is 19.1. The average molecular weight is 817 g/mol. The molecule has 2 N–H and O–H groups in total. The first-order valence-electron chi connectivity index (χ1n) is 21.0. The maximum absolute atomic E-state index is 6.44. The van der Waals surface area contributed by atoms with E-state index in [9.17, 15) is 0 Å². The Morgan fingerprint density at radius 2 is 0.629 bits per heavy atom. The van der Waals surface area contributed by atoms with Gasteiger partial charge in [0.15, 0.2) is 0 Å². The van der Waals surface area contributed by atoms with Gasteiger partial charge in [-0.15, -0.1) is 0 Å². The summed E-state index contributed by atoms with van der Waals surface area (Å²) in [6.07, 6.45) is 0. The van der Waals surface area contributed by atoms with Crippen LogP contribution in [0, 0.1) is 13.8 Å². The lowest BCUT2D eigenvalue weighted by atomic mass is 9.74. The van der Waals surface area contributed by atoms with Gasteiger partial charge in [0.05, 0.1) is 14.2 Å². The standard InChI is InChI=1S/C40H32N2O2.2C8H10O/c1-3-15-29(16-4-1)39(31-19-7-11-23-35(31)43-36-24-12-8-20-32(36)39)41-27-28-42-40(30-17-5-2-6-18-30)33-21-9-13-25-37(33)44-38-26-14-10-22-34(38)40;2*1-7-3-5-8(9-2)6-4-7/h1-26,41-42H,27-28H2;2*3-6H,1-2H3. The zero-order valence-corrected chi connectivity index (χ0v) is 35.7. The molecule has 0 saturated heterocycles. The highest BCUT2D eigenvalue weighted by Gasteiger charge is 2.45. The predicted octanol–water partition coefficient (Wildman–Crippen LogP) is 12.4. The monoisotopic (exact) mass is 816 g/mol. The summed E-state index contributed by atoms with van der Waals surface area (Å²) in [6.45, 7) is 5.47. The lowest BCUT2D eigenvalue weighted by Gasteiger charge is -2.43. The number of methoxy groups -OCH3 is 2. The Hall–Kier alpha value is -7.12. The van der Waals surface area contributed by atoms with Crippen LogP contribution in [0.1, 0.15) is 44.5 Å². The van der Waals surface area contributed by atoms with E-state index in [2.05, 4.69) is 158 Å². The Balaban J connectivity index is 0.000000243. The predicted molar refractivity (Wildman–Crippen MR) is 250 cm³/mol. The SMILES string of the molecule is COc1ccc(C)cc1.COc1ccc(C)cc1.c1ccc(C2(NCCNC3(c4ccccc4)c4ccccc4Oc4ccccc43)c3ccccc3Oc3ccccc32)cc1. The summed E-state index contributed by atoms with van der Waals surface area (Å²) in [5.74, 6) is 5.29. The van der Waals surface area contributed by atoms with Crippen molar-refractivity contribution >= 4 is 0 Å². The highest BCUT2D eigenvalue weighted by atomic mass is 16.5. The summed E-state index contributed by atoms with van der Waals surface area (Å²) < 4.78 is 22.8. The molecule has 0 saturated carbocycles. The highest BCUT2D eigenvalue weighted by molar-refractivity contribution is 5.64. The van der Waals surface area contributed by atoms with Crippen molar-refractivity contribution in [3.8, 4) is 34.5 Å². The van der Waals surface area contributed by atoms with Crippen molar-refractivity contribution in [3.63, 3.8) is 0 Å². The molecule has 0 atom stereocenters. The number of fused-ring (bicyclic) bond motifs is 4. The molecule has 0 radical (unpaired) electrons. The Morgan fingerprint density at radius 1 is 0.355 bits per heavy atom. The molecule has 8 aromatic carbocycles. The molecular formula is C56H52N2O4. The molecule has 0 amide bonds. The molecule has 2 aliphatic rings. The van der Waals surface area contributed by atoms with Gasteiger partial charge in [0.1, 0.15) is 45.6 Å². The largest absolute Gasteiger partial charge is 0.497 e. The van der Waals surface area contributed by atoms with Crippen molar-refractivity contribution < 1.29 is 18.9 Å². The van der Waals surface area contributed by atoms with E-state index in [0.29, 0.717) is 13.1 Å². The normalized spacial score (nSPS) is 13.3. The first kappa shape index (κ1) is 41.6. The molecule has 6 nitrogen and oxygen atoms in total. The van der Waals surface area contributed by atoms with Crippen molar-refractivity contribution in [1.82, 2.24) is 10.6 Å². The number of nitrogens with one attached hydrogen (secondary N) is 2. The number of para-hydroxylation sites is 4. The summed E-state index contributed by atoms with van der Waals surface area (Å²) in [6, 6.07) is 70.8. The minimum Gasteiger partial charge on any atom is -0.497 e. The van der Waals surface area contributed by atoms with Crippen LogP contribution in [-0.4, -0.2) is 27.3 Å². The third-order valence-corrected chi connectivity index (χ3v) is 11.4. The van der Waals surface area contributed by atoms with E-state index in [1.54, 1.807) is 14.2 Å². The van der Waals surface area contributed by atoms with Crippen LogP contribution in [0.3, 0.4) is 0 Å². The van der Waals surface area contributed by atoms with Crippen molar-refractivity contribution in [3.05, 3.63) is 251 Å². The molecule has 0 aliphatic carbocycles. The van der Waals surface area contributed by atoms with Gasteiger partial charge >= 0.3 is 0 Å². The van der Waals surface area contributed by atoms with Crippen molar-refractivity contribution in [2.45, 2.75) is 24.9 Å². The fourth-order valence-corrected chi connectivity index (χ4v) is 8.42. The minimum atomic E-state index is -0.597. The first-order valence-corrected chi connectivity index (χ1v) is 21.0. The molecule has 2 aliphatic heterocycles. The van der Waals surface area contributed by atoms with E-state index in [4.69, 9.17) is 18.9 Å². The van der Waals surface area contributed by atoms with Gasteiger partial charge in [-0.2, -0.15) is 0 Å². The lowest BCUT2D eigenvalue weighted by molar-refractivity contribution is 0.354. The quantitative estimate of drug-likeness (QED) is 0.142. The van der Waals surface area contributed by atoms with Crippen LogP contribution < -0.4 is 29.6 Å². The van der Waals surface area contributed by atoms with Gasteiger partial charge in [-0.25, -0.2) is 0 Å². The number of ether oxygens (including phenoxy) is 4. The van der Waals surface area contributed by atoms with Crippen LogP contribution in [0.4, 0.5) is 0 Å². The van der Waals surface area contributed by atoms with Crippen molar-refractivity contribution in [2.24, 2.45) is 0 Å². The van der Waals surface area contributed by atoms with E-state index >= 15 is 0 Å². The minimum absolute atomic E-state index is 0.597. The van der Waals surface area contributed by atoms with Gasteiger partial charge in [0.2, 0.25) is 0 Å². The van der Waals surface area contributed by atoms with E-state index in [-0.39, 0.29) is 0 Å². The lowest BCUT2D eigenvalue weighted by Crippen LogP contribution is -2.52. The summed E-state index contributed by atoms with van der Waals surface area (Å²) in [5, 5.41) is 8.09. The van der Waals surface area contributed by atoms with Crippen molar-refractivity contribution in [2.75, 3.05) is 27.3 Å². The van der Waals surface area contributed by atoms with Crippen LogP contribution >= 0.6 is 0 Å². The summed E-state index contributed by atoms with van der Waals surface area (Å²) in [5.41, 5.74) is 8.07. The molecule has 10 rings (SSSR count). The van der Waals surface area contributed by atoms with Crippen molar-refractivity contribution in [1.29, 1.82) is 0 Å². The molecule has 0 unspecified atom stereocenters. The van der Waals surface area contributed by atoms with Crippen LogP contribution in [0.25, 0.3) is 0 Å². The second-order valence-electron chi connectivity index (χ2n) is 15.3. The van der Waals surface area contributed by atoms with Crippen LogP contribution in [-0.2, 0) is 11.1 Å². The fraction of sp³-hybridized carbons (Fsp3) is 0.143. The Labute approximate surface area is 365 Å². The first-order chi connectivity index (χ1) is 30.5. The Kier molecular flexibility index (Phi) is 12.8. The molecular weight excluding hydrogens is 765 g/mol. The van der Waals surface area contributed by atoms with Gasteiger partial charge < -0.3 is 18.9 Å². The summed E-state index contributed by atoms with van der Waals surface area (Å²) in [4.78, 5) is 0. The molecule has 8 aromatic rings. The maximum Gasteiger partial charge on any atom is 0.133 e. The van der Waals surface area contributed by atoms with Gasteiger partial charge in [-0.3, -0.25) is 10.6 Å². The van der Waals surface area contributed by atoms with E-state index < -0.39 is 11.1 Å². The van der Waals surface area contributed by atoms with Gasteiger partial charge in [-0.1, -0.05) is 169 Å². The molecule has 0 bridgehead atoms. The Bertz CT molecular complexity index is 2400. The Morgan fingerprint density at radius 3 is 0.919 bits per heavy atom. The topological polar surface area (TPSA) is 61.0 Å². The summed E-state index contributed by atoms with van der Waals surface area (Å²) in [7, 11) is 3.34. The highest BCUT2D eigenvalue weighted by Crippen LogP contribution is 2.51. The van der Waals surface area contributed by atoms with E-state index in [1.165, 1.54) is 22.3 Å². The smallest absolute Gasteiger partial charge is 0.133 e. The molecule has 62 heavy (non-hydrogen) atoms. The third kappa shape index (κ3) is 8.44. The zero-order chi connectivity index (χ0) is 42.8. The van der Waals surface area contributed by atoms with Gasteiger partial charge in [-0.05, 0) is 73.5 Å². The second-order valence-corrected chi connectivity index (χ2v) is 15.3. The molecule has 0 aromatic heterocycles.